The number of rotatable bonds is 3. The molecule has 1 aromatic rings. The molecule has 14 heavy (non-hydrogen) atoms. The van der Waals surface area contributed by atoms with E-state index in [9.17, 15) is 0 Å². The van der Waals surface area contributed by atoms with Gasteiger partial charge < -0.3 is 5.73 Å². The van der Waals surface area contributed by atoms with Gasteiger partial charge in [0.25, 0.3) is 0 Å². The lowest BCUT2D eigenvalue weighted by atomic mass is 10.0. The summed E-state index contributed by atoms with van der Waals surface area (Å²) in [6.45, 7) is 8.34. The molecule has 1 unspecified atom stereocenters. The van der Waals surface area contributed by atoms with Crippen LogP contribution in [0, 0.1) is 12.8 Å². The molecular weight excluding hydrogens is 198 g/mol. The van der Waals surface area contributed by atoms with Crippen molar-refractivity contribution in [2.75, 3.05) is 5.73 Å². The number of aryl methyl sites for hydroxylation is 1. The fraction of sp³-hybridized carbons (Fsp3) is 0.700. The second-order valence-corrected chi connectivity index (χ2v) is 4.33. The van der Waals surface area contributed by atoms with Crippen molar-refractivity contribution in [3.05, 3.63) is 10.7 Å². The molecule has 1 aromatic heterocycles. The van der Waals surface area contributed by atoms with Crippen LogP contribution in [-0.2, 0) is 0 Å². The summed E-state index contributed by atoms with van der Waals surface area (Å²) in [5.74, 6) is 1.10. The number of nitrogens with two attached hydrogens (primary N) is 1. The highest BCUT2D eigenvalue weighted by molar-refractivity contribution is 6.33. The van der Waals surface area contributed by atoms with Crippen molar-refractivity contribution in [2.45, 2.75) is 40.2 Å². The van der Waals surface area contributed by atoms with E-state index in [-0.39, 0.29) is 0 Å². The summed E-state index contributed by atoms with van der Waals surface area (Å²) in [6, 6.07) is 0.334. The van der Waals surface area contributed by atoms with Crippen molar-refractivity contribution >= 4 is 17.4 Å². The van der Waals surface area contributed by atoms with E-state index in [0.29, 0.717) is 22.8 Å². The van der Waals surface area contributed by atoms with Crippen molar-refractivity contribution in [3.8, 4) is 0 Å². The van der Waals surface area contributed by atoms with Gasteiger partial charge in [-0.15, -0.1) is 0 Å². The van der Waals surface area contributed by atoms with Gasteiger partial charge in [0.15, 0.2) is 0 Å². The molecule has 0 aliphatic carbocycles. The molecule has 0 spiro atoms. The van der Waals surface area contributed by atoms with Crippen LogP contribution in [0.15, 0.2) is 0 Å². The maximum atomic E-state index is 6.00. The molecule has 1 heterocycles. The molecule has 1 rings (SSSR count). The van der Waals surface area contributed by atoms with E-state index in [2.05, 4.69) is 25.9 Å². The first-order valence-corrected chi connectivity index (χ1v) is 5.36. The van der Waals surface area contributed by atoms with E-state index < -0.39 is 0 Å². The first kappa shape index (κ1) is 11.4. The standard InChI is InChI=1S/C10H18ClN3/c1-5-8(6(2)3)14-10(12)9(11)7(4)13-14/h6,8H,5,12H2,1-4H3. The van der Waals surface area contributed by atoms with Gasteiger partial charge in [0, 0.05) is 0 Å². The van der Waals surface area contributed by atoms with Crippen LogP contribution >= 0.6 is 11.6 Å². The summed E-state index contributed by atoms with van der Waals surface area (Å²) in [5, 5.41) is 4.95. The van der Waals surface area contributed by atoms with Gasteiger partial charge in [-0.1, -0.05) is 32.4 Å². The van der Waals surface area contributed by atoms with Gasteiger partial charge >= 0.3 is 0 Å². The Balaban J connectivity index is 3.11. The third-order valence-electron chi connectivity index (χ3n) is 2.55. The molecule has 0 aliphatic heterocycles. The predicted molar refractivity (Wildman–Crippen MR) is 60.6 cm³/mol. The van der Waals surface area contributed by atoms with Crippen LogP contribution in [-0.4, -0.2) is 9.78 Å². The summed E-state index contributed by atoms with van der Waals surface area (Å²) in [5.41, 5.74) is 6.69. The molecule has 0 amide bonds. The average Bonchev–Trinajstić information content (AvgIpc) is 2.35. The number of hydrogen-bond acceptors (Lipinski definition) is 2. The number of nitrogens with zero attached hydrogens (tertiary/aromatic N) is 2. The highest BCUT2D eigenvalue weighted by Crippen LogP contribution is 2.29. The summed E-state index contributed by atoms with van der Waals surface area (Å²) in [7, 11) is 0. The van der Waals surface area contributed by atoms with Crippen molar-refractivity contribution < 1.29 is 0 Å². The average molecular weight is 216 g/mol. The minimum Gasteiger partial charge on any atom is -0.383 e. The molecule has 0 radical (unpaired) electrons. The molecule has 0 fully saturated rings. The highest BCUT2D eigenvalue weighted by atomic mass is 35.5. The first-order valence-electron chi connectivity index (χ1n) is 4.99. The van der Waals surface area contributed by atoms with E-state index in [1.54, 1.807) is 0 Å². The molecule has 80 valence electrons. The van der Waals surface area contributed by atoms with E-state index in [0.717, 1.165) is 12.1 Å². The third-order valence-corrected chi connectivity index (χ3v) is 3.02. The molecule has 1 atom stereocenters. The topological polar surface area (TPSA) is 43.8 Å². The fourth-order valence-electron chi connectivity index (χ4n) is 1.72. The molecule has 0 bridgehead atoms. The Labute approximate surface area is 90.2 Å². The lowest BCUT2D eigenvalue weighted by Crippen LogP contribution is -2.17. The van der Waals surface area contributed by atoms with Crippen LogP contribution in [0.2, 0.25) is 5.02 Å². The van der Waals surface area contributed by atoms with E-state index >= 15 is 0 Å². The Morgan fingerprint density at radius 1 is 1.50 bits per heavy atom. The molecule has 2 N–H and O–H groups in total. The summed E-state index contributed by atoms with van der Waals surface area (Å²) >= 11 is 6.00. The Hall–Kier alpha value is -0.700. The van der Waals surface area contributed by atoms with Gasteiger partial charge in [-0.05, 0) is 19.3 Å². The van der Waals surface area contributed by atoms with Crippen LogP contribution in [0.25, 0.3) is 0 Å². The number of aromatic nitrogens is 2. The molecule has 3 nitrogen and oxygen atoms in total. The SMILES string of the molecule is CCC(C(C)C)n1nc(C)c(Cl)c1N. The van der Waals surface area contributed by atoms with Crippen LogP contribution in [0.3, 0.4) is 0 Å². The number of hydrogen-bond donors (Lipinski definition) is 1. The summed E-state index contributed by atoms with van der Waals surface area (Å²) in [6.07, 6.45) is 1.01. The largest absolute Gasteiger partial charge is 0.383 e. The van der Waals surface area contributed by atoms with E-state index in [1.165, 1.54) is 0 Å². The molecule has 0 saturated heterocycles. The zero-order chi connectivity index (χ0) is 10.9. The van der Waals surface area contributed by atoms with Crippen molar-refractivity contribution in [3.63, 3.8) is 0 Å². The van der Waals surface area contributed by atoms with Crippen LogP contribution < -0.4 is 5.73 Å². The monoisotopic (exact) mass is 215 g/mol. The van der Waals surface area contributed by atoms with Gasteiger partial charge in [-0.2, -0.15) is 5.10 Å². The van der Waals surface area contributed by atoms with Gasteiger partial charge in [0.1, 0.15) is 10.8 Å². The normalized spacial score (nSPS) is 13.6. The smallest absolute Gasteiger partial charge is 0.141 e. The second kappa shape index (κ2) is 4.22. The second-order valence-electron chi connectivity index (χ2n) is 3.95. The van der Waals surface area contributed by atoms with E-state index in [4.69, 9.17) is 17.3 Å². The molecule has 0 saturated carbocycles. The predicted octanol–water partition coefficient (Wildman–Crippen LogP) is 3.03. The Kier molecular flexibility index (Phi) is 3.43. The van der Waals surface area contributed by atoms with Gasteiger partial charge in [-0.25, -0.2) is 4.68 Å². The van der Waals surface area contributed by atoms with Crippen molar-refractivity contribution in [1.82, 2.24) is 9.78 Å². The zero-order valence-electron chi connectivity index (χ0n) is 9.21. The summed E-state index contributed by atoms with van der Waals surface area (Å²) in [4.78, 5) is 0. The summed E-state index contributed by atoms with van der Waals surface area (Å²) < 4.78 is 1.85. The molecule has 4 heteroatoms. The van der Waals surface area contributed by atoms with Gasteiger partial charge in [0.2, 0.25) is 0 Å². The highest BCUT2D eigenvalue weighted by Gasteiger charge is 2.19. The van der Waals surface area contributed by atoms with Crippen molar-refractivity contribution in [1.29, 1.82) is 0 Å². The third kappa shape index (κ3) is 1.87. The van der Waals surface area contributed by atoms with Crippen molar-refractivity contribution in [2.24, 2.45) is 5.92 Å². The van der Waals surface area contributed by atoms with Crippen LogP contribution in [0.4, 0.5) is 5.82 Å². The lowest BCUT2D eigenvalue weighted by molar-refractivity contribution is 0.340. The quantitative estimate of drug-likeness (QED) is 0.843. The van der Waals surface area contributed by atoms with Gasteiger partial charge in [-0.3, -0.25) is 0 Å². The maximum absolute atomic E-state index is 6.00. The molecular formula is C10H18ClN3. The molecule has 0 aromatic carbocycles. The number of halogens is 1. The zero-order valence-corrected chi connectivity index (χ0v) is 9.97. The molecule has 0 aliphatic rings. The minimum atomic E-state index is 0.334. The Morgan fingerprint density at radius 2 is 2.07 bits per heavy atom. The lowest BCUT2D eigenvalue weighted by Gasteiger charge is -2.20. The Bertz CT molecular complexity index is 317. The Morgan fingerprint density at radius 3 is 2.36 bits per heavy atom. The van der Waals surface area contributed by atoms with Crippen LogP contribution in [0.1, 0.15) is 38.9 Å². The van der Waals surface area contributed by atoms with Gasteiger partial charge in [0.05, 0.1) is 11.7 Å². The first-order chi connectivity index (χ1) is 6.49. The maximum Gasteiger partial charge on any atom is 0.141 e. The van der Waals surface area contributed by atoms with E-state index in [1.807, 2.05) is 11.6 Å². The fourth-order valence-corrected chi connectivity index (χ4v) is 1.85. The van der Waals surface area contributed by atoms with Crippen LogP contribution in [0.5, 0.6) is 0 Å². The minimum absolute atomic E-state index is 0.334. The number of nitrogen functional groups attached to an aromatic ring is 1. The number of anilines is 1.